The van der Waals surface area contributed by atoms with Gasteiger partial charge in [-0.15, -0.1) is 0 Å². The van der Waals surface area contributed by atoms with E-state index in [2.05, 4.69) is 11.9 Å². The fourth-order valence-electron chi connectivity index (χ4n) is 3.75. The van der Waals surface area contributed by atoms with Crippen LogP contribution in [0.15, 0.2) is 70.9 Å². The minimum Gasteiger partial charge on any atom is -0.494 e. The number of hydrogen-bond donors (Lipinski definition) is 0. The highest BCUT2D eigenvalue weighted by Gasteiger charge is 2.46. The Bertz CT molecular complexity index is 1060. The summed E-state index contributed by atoms with van der Waals surface area (Å²) in [6, 6.07) is 16.5. The number of hydrogen-bond acceptors (Lipinski definition) is 6. The Hall–Kier alpha value is -3.06. The van der Waals surface area contributed by atoms with Crippen LogP contribution in [0, 0.1) is 0 Å². The van der Waals surface area contributed by atoms with E-state index in [9.17, 15) is 9.59 Å². The zero-order valence-electron chi connectivity index (χ0n) is 18.4. The molecule has 2 atom stereocenters. The maximum atomic E-state index is 13.2. The summed E-state index contributed by atoms with van der Waals surface area (Å²) >= 11 is 1.41. The SMILES string of the molecule is CCCOc1ccc([C@@H]2C(C(=O)OCc3ccccc3)=C(C)N=C3S[C@H](C)C(=O)N32)cc1. The zero-order valence-corrected chi connectivity index (χ0v) is 19.2. The molecular weight excluding hydrogens is 424 g/mol. The van der Waals surface area contributed by atoms with E-state index in [4.69, 9.17) is 9.47 Å². The molecule has 0 saturated carbocycles. The largest absolute Gasteiger partial charge is 0.494 e. The fourth-order valence-corrected chi connectivity index (χ4v) is 4.78. The van der Waals surface area contributed by atoms with Gasteiger partial charge in [-0.3, -0.25) is 9.69 Å². The average molecular weight is 451 g/mol. The smallest absolute Gasteiger partial charge is 0.338 e. The van der Waals surface area contributed by atoms with Crippen LogP contribution >= 0.6 is 11.8 Å². The van der Waals surface area contributed by atoms with Crippen LogP contribution in [-0.2, 0) is 20.9 Å². The number of rotatable bonds is 7. The van der Waals surface area contributed by atoms with Crippen molar-refractivity contribution in [2.24, 2.45) is 4.99 Å². The van der Waals surface area contributed by atoms with Crippen molar-refractivity contribution in [2.75, 3.05) is 6.61 Å². The summed E-state index contributed by atoms with van der Waals surface area (Å²) < 4.78 is 11.3. The molecule has 4 rings (SSSR count). The molecule has 0 unspecified atom stereocenters. The lowest BCUT2D eigenvalue weighted by molar-refractivity contribution is -0.141. The first kappa shape index (κ1) is 22.1. The number of carbonyl (C=O) groups is 2. The number of fused-ring (bicyclic) bond motifs is 1. The van der Waals surface area contributed by atoms with Gasteiger partial charge < -0.3 is 9.47 Å². The van der Waals surface area contributed by atoms with Crippen molar-refractivity contribution in [3.63, 3.8) is 0 Å². The van der Waals surface area contributed by atoms with Crippen molar-refractivity contribution >= 4 is 28.8 Å². The van der Waals surface area contributed by atoms with Crippen LogP contribution in [0.2, 0.25) is 0 Å². The van der Waals surface area contributed by atoms with Crippen molar-refractivity contribution in [3.8, 4) is 5.75 Å². The summed E-state index contributed by atoms with van der Waals surface area (Å²) in [5, 5.41) is 0.367. The highest BCUT2D eigenvalue weighted by Crippen LogP contribution is 2.43. The molecule has 0 aliphatic carbocycles. The quantitative estimate of drug-likeness (QED) is 0.563. The molecule has 6 nitrogen and oxygen atoms in total. The standard InChI is InChI=1S/C25H26N2O4S/c1-4-14-30-20-12-10-19(11-13-20)22-21(24(29)31-15-18-8-6-5-7-9-18)16(2)26-25-27(22)23(28)17(3)32-25/h5-13,17,22H,4,14-15H2,1-3H3/t17-,22-/m1/s1. The maximum Gasteiger partial charge on any atom is 0.338 e. The number of carbonyl (C=O) groups excluding carboxylic acids is 2. The number of thioether (sulfide) groups is 1. The van der Waals surface area contributed by atoms with Crippen LogP contribution in [-0.4, -0.2) is 33.8 Å². The number of allylic oxidation sites excluding steroid dienone is 1. The Morgan fingerprint density at radius 1 is 1.12 bits per heavy atom. The molecule has 2 heterocycles. The molecule has 166 valence electrons. The number of ether oxygens (including phenoxy) is 2. The Balaban J connectivity index is 1.66. The molecule has 32 heavy (non-hydrogen) atoms. The molecule has 0 aromatic heterocycles. The number of benzene rings is 2. The number of amidine groups is 1. The fraction of sp³-hybridized carbons (Fsp3) is 0.320. The average Bonchev–Trinajstić information content (AvgIpc) is 3.09. The van der Waals surface area contributed by atoms with Gasteiger partial charge in [-0.05, 0) is 43.5 Å². The van der Waals surface area contributed by atoms with E-state index in [1.165, 1.54) is 11.8 Å². The number of esters is 1. The van der Waals surface area contributed by atoms with Gasteiger partial charge in [0.25, 0.3) is 0 Å². The molecule has 0 radical (unpaired) electrons. The molecule has 2 aliphatic heterocycles. The lowest BCUT2D eigenvalue weighted by atomic mass is 9.94. The first-order chi connectivity index (χ1) is 15.5. The topological polar surface area (TPSA) is 68.2 Å². The predicted molar refractivity (Wildman–Crippen MR) is 125 cm³/mol. The Labute approximate surface area is 192 Å². The van der Waals surface area contributed by atoms with E-state index in [1.54, 1.807) is 11.8 Å². The summed E-state index contributed by atoms with van der Waals surface area (Å²) in [6.45, 7) is 6.49. The van der Waals surface area contributed by atoms with Crippen LogP contribution in [0.5, 0.6) is 5.75 Å². The molecule has 1 amide bonds. The summed E-state index contributed by atoms with van der Waals surface area (Å²) in [6.07, 6.45) is 0.918. The van der Waals surface area contributed by atoms with Crippen molar-refractivity contribution in [3.05, 3.63) is 77.0 Å². The number of amides is 1. The highest BCUT2D eigenvalue weighted by molar-refractivity contribution is 8.15. The van der Waals surface area contributed by atoms with Gasteiger partial charge in [-0.1, -0.05) is 61.2 Å². The minimum absolute atomic E-state index is 0.0640. The van der Waals surface area contributed by atoms with Gasteiger partial charge in [0.05, 0.1) is 29.2 Å². The van der Waals surface area contributed by atoms with Gasteiger partial charge in [0.15, 0.2) is 5.17 Å². The van der Waals surface area contributed by atoms with E-state index >= 15 is 0 Å². The Kier molecular flexibility index (Phi) is 6.65. The van der Waals surface area contributed by atoms with Gasteiger partial charge in [0.1, 0.15) is 12.4 Å². The third-order valence-corrected chi connectivity index (χ3v) is 6.41. The van der Waals surface area contributed by atoms with Crippen molar-refractivity contribution in [1.82, 2.24) is 4.90 Å². The van der Waals surface area contributed by atoms with Gasteiger partial charge in [-0.25, -0.2) is 9.79 Å². The van der Waals surface area contributed by atoms with Gasteiger partial charge in [0, 0.05) is 0 Å². The minimum atomic E-state index is -0.587. The van der Waals surface area contributed by atoms with Crippen molar-refractivity contribution in [2.45, 2.75) is 45.1 Å². The third-order valence-electron chi connectivity index (χ3n) is 5.36. The maximum absolute atomic E-state index is 13.2. The van der Waals surface area contributed by atoms with Crippen molar-refractivity contribution < 1.29 is 19.1 Å². The molecule has 7 heteroatoms. The first-order valence-corrected chi connectivity index (χ1v) is 11.6. The van der Waals surface area contributed by atoms with E-state index in [0.717, 1.165) is 23.3 Å². The van der Waals surface area contributed by atoms with Crippen LogP contribution < -0.4 is 4.74 Å². The van der Waals surface area contributed by atoms with Gasteiger partial charge in [0.2, 0.25) is 5.91 Å². The Morgan fingerprint density at radius 3 is 2.53 bits per heavy atom. The summed E-state index contributed by atoms with van der Waals surface area (Å²) in [7, 11) is 0. The molecular formula is C25H26N2O4S. The van der Waals surface area contributed by atoms with Crippen LogP contribution in [0.4, 0.5) is 0 Å². The van der Waals surface area contributed by atoms with Gasteiger partial charge in [-0.2, -0.15) is 0 Å². The summed E-state index contributed by atoms with van der Waals surface area (Å²) in [4.78, 5) is 32.4. The molecule has 0 bridgehead atoms. The van der Waals surface area contributed by atoms with Gasteiger partial charge >= 0.3 is 5.97 Å². The Morgan fingerprint density at radius 2 is 1.84 bits per heavy atom. The summed E-state index contributed by atoms with van der Waals surface area (Å²) in [5.41, 5.74) is 2.67. The second-order valence-corrected chi connectivity index (χ2v) is 9.05. The normalized spacial score (nSPS) is 20.2. The molecule has 1 saturated heterocycles. The molecule has 0 spiro atoms. The lowest BCUT2D eigenvalue weighted by Gasteiger charge is -2.33. The number of nitrogens with zero attached hydrogens (tertiary/aromatic N) is 2. The molecule has 2 aromatic rings. The molecule has 1 fully saturated rings. The third kappa shape index (κ3) is 4.43. The van der Waals surface area contributed by atoms with E-state index in [-0.39, 0.29) is 17.8 Å². The second kappa shape index (κ2) is 9.61. The molecule has 2 aromatic carbocycles. The van der Waals surface area contributed by atoms with E-state index in [1.807, 2.05) is 61.5 Å². The molecule has 0 N–H and O–H groups in total. The van der Waals surface area contributed by atoms with Crippen LogP contribution in [0.3, 0.4) is 0 Å². The van der Waals surface area contributed by atoms with Crippen LogP contribution in [0.25, 0.3) is 0 Å². The highest BCUT2D eigenvalue weighted by atomic mass is 32.2. The molecule has 2 aliphatic rings. The zero-order chi connectivity index (χ0) is 22.7. The van der Waals surface area contributed by atoms with Crippen molar-refractivity contribution in [1.29, 1.82) is 0 Å². The second-order valence-electron chi connectivity index (χ2n) is 7.74. The number of aliphatic imine (C=N–C) groups is 1. The summed E-state index contributed by atoms with van der Waals surface area (Å²) in [5.74, 6) is 0.221. The predicted octanol–water partition coefficient (Wildman–Crippen LogP) is 4.87. The van der Waals surface area contributed by atoms with Crippen LogP contribution in [0.1, 0.15) is 44.4 Å². The van der Waals surface area contributed by atoms with E-state index < -0.39 is 12.0 Å². The monoisotopic (exact) mass is 450 g/mol. The lowest BCUT2D eigenvalue weighted by Crippen LogP contribution is -2.40. The first-order valence-electron chi connectivity index (χ1n) is 10.7. The van der Waals surface area contributed by atoms with E-state index in [0.29, 0.717) is 23.0 Å².